The van der Waals surface area contributed by atoms with Gasteiger partial charge < -0.3 is 0 Å². The van der Waals surface area contributed by atoms with Crippen molar-refractivity contribution in [3.05, 3.63) is 23.3 Å². The Morgan fingerprint density at radius 1 is 1.36 bits per heavy atom. The van der Waals surface area contributed by atoms with Crippen LogP contribution in [-0.4, -0.2) is 39.4 Å². The van der Waals surface area contributed by atoms with Crippen LogP contribution in [0.3, 0.4) is 0 Å². The predicted molar refractivity (Wildman–Crippen MR) is 70.5 cm³/mol. The number of aryl methyl sites for hydroxylation is 1. The van der Waals surface area contributed by atoms with Crippen molar-refractivity contribution >= 4 is 10.0 Å². The largest absolute Gasteiger partial charge is 0.333 e. The molecular weight excluding hydrogens is 320 g/mol. The van der Waals surface area contributed by atoms with E-state index < -0.39 is 16.6 Å². The lowest BCUT2D eigenvalue weighted by Crippen LogP contribution is -2.31. The van der Waals surface area contributed by atoms with E-state index in [0.717, 1.165) is 10.5 Å². The summed E-state index contributed by atoms with van der Waals surface area (Å²) in [6, 6.07) is 0. The van der Waals surface area contributed by atoms with Crippen molar-refractivity contribution in [1.29, 1.82) is 0 Å². The van der Waals surface area contributed by atoms with Gasteiger partial charge in [-0.2, -0.15) is 18.2 Å². The molecule has 0 atom stereocenters. The van der Waals surface area contributed by atoms with Gasteiger partial charge in [0.25, 0.3) is 0 Å². The minimum atomic E-state index is -3.98. The molecule has 0 fully saturated rings. The monoisotopic (exact) mass is 335 g/mol. The zero-order valence-electron chi connectivity index (χ0n) is 12.2. The van der Waals surface area contributed by atoms with Crippen molar-refractivity contribution in [2.75, 3.05) is 6.54 Å². The fraction of sp³-hybridized carbons (Fsp3) is 0.545. The van der Waals surface area contributed by atoms with Gasteiger partial charge >= 0.3 is 6.55 Å². The molecule has 0 saturated heterocycles. The van der Waals surface area contributed by atoms with Crippen LogP contribution in [0.2, 0.25) is 0 Å². The van der Waals surface area contributed by atoms with E-state index in [4.69, 9.17) is 0 Å². The van der Waals surface area contributed by atoms with Crippen molar-refractivity contribution < 1.29 is 21.8 Å². The summed E-state index contributed by atoms with van der Waals surface area (Å²) in [4.78, 5) is -0.260. The SMILES string of the molecule is CCN(Cc1nonc1C)S(=O)(=O)c1cnn(C(F)F)c1C. The van der Waals surface area contributed by atoms with Gasteiger partial charge in [0.15, 0.2) is 0 Å². The highest BCUT2D eigenvalue weighted by Gasteiger charge is 2.30. The Kier molecular flexibility index (Phi) is 4.56. The Balaban J connectivity index is 2.37. The fourth-order valence-corrected chi connectivity index (χ4v) is 3.48. The molecule has 0 radical (unpaired) electrons. The van der Waals surface area contributed by atoms with Crippen LogP contribution in [0.1, 0.15) is 30.6 Å². The van der Waals surface area contributed by atoms with Gasteiger partial charge in [-0.3, -0.25) is 0 Å². The van der Waals surface area contributed by atoms with Gasteiger partial charge in [0.2, 0.25) is 10.0 Å². The van der Waals surface area contributed by atoms with Gasteiger partial charge in [0, 0.05) is 6.54 Å². The van der Waals surface area contributed by atoms with Crippen molar-refractivity contribution in [3.8, 4) is 0 Å². The summed E-state index contributed by atoms with van der Waals surface area (Å²) in [6.07, 6.45) is 0.924. The van der Waals surface area contributed by atoms with E-state index in [1.165, 1.54) is 6.92 Å². The van der Waals surface area contributed by atoms with Gasteiger partial charge in [0.1, 0.15) is 16.3 Å². The van der Waals surface area contributed by atoms with Crippen LogP contribution in [0.5, 0.6) is 0 Å². The normalized spacial score (nSPS) is 12.5. The smallest absolute Gasteiger partial charge is 0.244 e. The molecule has 0 aromatic carbocycles. The number of alkyl halides is 2. The van der Waals surface area contributed by atoms with E-state index in [1.54, 1.807) is 13.8 Å². The molecular formula is C11H15F2N5O3S. The highest BCUT2D eigenvalue weighted by atomic mass is 32.2. The number of hydrogen-bond donors (Lipinski definition) is 0. The Hall–Kier alpha value is -1.88. The summed E-state index contributed by atoms with van der Waals surface area (Å²) in [5, 5.41) is 10.6. The summed E-state index contributed by atoms with van der Waals surface area (Å²) < 4.78 is 56.7. The maximum Gasteiger partial charge on any atom is 0.333 e. The molecule has 0 saturated carbocycles. The molecule has 2 rings (SSSR count). The van der Waals surface area contributed by atoms with Crippen LogP contribution in [-0.2, 0) is 16.6 Å². The van der Waals surface area contributed by atoms with Crippen LogP contribution in [0, 0.1) is 13.8 Å². The molecule has 0 amide bonds. The highest BCUT2D eigenvalue weighted by molar-refractivity contribution is 7.89. The minimum Gasteiger partial charge on any atom is -0.244 e. The number of nitrogens with zero attached hydrogens (tertiary/aromatic N) is 5. The van der Waals surface area contributed by atoms with Crippen LogP contribution in [0.15, 0.2) is 15.7 Å². The maximum atomic E-state index is 12.7. The second-order valence-electron chi connectivity index (χ2n) is 4.54. The molecule has 0 unspecified atom stereocenters. The number of aromatic nitrogens is 4. The standard InChI is InChI=1S/C11H15F2N5O3S/c1-4-17(6-9-7(2)15-21-16-9)22(19,20)10-5-14-18(8(10)3)11(12)13/h5,11H,4,6H2,1-3H3. The van der Waals surface area contributed by atoms with E-state index in [2.05, 4.69) is 20.0 Å². The van der Waals surface area contributed by atoms with E-state index in [0.29, 0.717) is 16.1 Å². The second-order valence-corrected chi connectivity index (χ2v) is 6.45. The molecule has 0 aliphatic heterocycles. The van der Waals surface area contributed by atoms with Gasteiger partial charge in [-0.05, 0) is 13.8 Å². The third kappa shape index (κ3) is 2.86. The highest BCUT2D eigenvalue weighted by Crippen LogP contribution is 2.24. The van der Waals surface area contributed by atoms with E-state index in [9.17, 15) is 17.2 Å². The lowest BCUT2D eigenvalue weighted by atomic mass is 10.3. The van der Waals surface area contributed by atoms with Gasteiger partial charge in [-0.25, -0.2) is 17.7 Å². The van der Waals surface area contributed by atoms with Crippen molar-refractivity contribution in [3.63, 3.8) is 0 Å². The van der Waals surface area contributed by atoms with Crippen molar-refractivity contribution in [2.24, 2.45) is 0 Å². The van der Waals surface area contributed by atoms with E-state index in [-0.39, 0.29) is 23.7 Å². The second kappa shape index (κ2) is 6.08. The first-order valence-electron chi connectivity index (χ1n) is 6.39. The van der Waals surface area contributed by atoms with Gasteiger partial charge in [0.05, 0.1) is 18.4 Å². The molecule has 22 heavy (non-hydrogen) atoms. The number of sulfonamides is 1. The van der Waals surface area contributed by atoms with E-state index in [1.807, 2.05) is 0 Å². The van der Waals surface area contributed by atoms with Gasteiger partial charge in [-0.15, -0.1) is 0 Å². The average Bonchev–Trinajstić information content (AvgIpc) is 3.02. The molecule has 2 aromatic rings. The third-order valence-corrected chi connectivity index (χ3v) is 5.25. The molecule has 122 valence electrons. The Bertz CT molecular complexity index is 756. The summed E-state index contributed by atoms with van der Waals surface area (Å²) in [5.74, 6) is 0. The van der Waals surface area contributed by atoms with E-state index >= 15 is 0 Å². The van der Waals surface area contributed by atoms with Gasteiger partial charge in [-0.1, -0.05) is 17.2 Å². The molecule has 0 aliphatic rings. The molecule has 11 heteroatoms. The molecule has 0 aliphatic carbocycles. The number of hydrogen-bond acceptors (Lipinski definition) is 6. The predicted octanol–water partition coefficient (Wildman–Crippen LogP) is 1.49. The summed E-state index contributed by atoms with van der Waals surface area (Å²) in [7, 11) is -3.98. The molecule has 0 spiro atoms. The summed E-state index contributed by atoms with van der Waals surface area (Å²) in [6.45, 7) is 1.71. The fourth-order valence-electron chi connectivity index (χ4n) is 1.92. The Labute approximate surface area is 125 Å². The Morgan fingerprint density at radius 3 is 2.50 bits per heavy atom. The first kappa shape index (κ1) is 16.5. The summed E-state index contributed by atoms with van der Waals surface area (Å²) >= 11 is 0. The molecule has 0 bridgehead atoms. The van der Waals surface area contributed by atoms with Crippen molar-refractivity contribution in [2.45, 2.75) is 38.8 Å². The topological polar surface area (TPSA) is 94.1 Å². The van der Waals surface area contributed by atoms with Crippen LogP contribution < -0.4 is 0 Å². The zero-order chi connectivity index (χ0) is 16.5. The summed E-state index contributed by atoms with van der Waals surface area (Å²) in [5.41, 5.74) is 0.710. The molecule has 2 aromatic heterocycles. The lowest BCUT2D eigenvalue weighted by molar-refractivity contribution is 0.0541. The average molecular weight is 335 g/mol. The lowest BCUT2D eigenvalue weighted by Gasteiger charge is -2.19. The third-order valence-electron chi connectivity index (χ3n) is 3.23. The maximum absolute atomic E-state index is 12.7. The molecule has 0 N–H and O–H groups in total. The number of rotatable bonds is 6. The van der Waals surface area contributed by atoms with Crippen LogP contribution in [0.25, 0.3) is 0 Å². The Morgan fingerprint density at radius 2 is 2.05 bits per heavy atom. The molecule has 2 heterocycles. The first-order valence-corrected chi connectivity index (χ1v) is 7.83. The molecule has 8 nitrogen and oxygen atoms in total. The van der Waals surface area contributed by atoms with Crippen molar-refractivity contribution in [1.82, 2.24) is 24.4 Å². The zero-order valence-corrected chi connectivity index (χ0v) is 13.0. The quantitative estimate of drug-likeness (QED) is 0.794. The minimum absolute atomic E-state index is 0.0620. The van der Waals surface area contributed by atoms with Crippen LogP contribution in [0.4, 0.5) is 8.78 Å². The first-order chi connectivity index (χ1) is 10.3. The van der Waals surface area contributed by atoms with Crippen LogP contribution >= 0.6 is 0 Å². The number of halogens is 2.